The van der Waals surface area contributed by atoms with Gasteiger partial charge in [-0.25, -0.2) is 0 Å². The van der Waals surface area contributed by atoms with E-state index in [1.54, 1.807) is 34.7 Å². The molecule has 1 aliphatic rings. The van der Waals surface area contributed by atoms with E-state index in [9.17, 15) is 9.59 Å². The molecule has 3 heterocycles. The number of methoxy groups -OCH3 is 1. The smallest absolute Gasteiger partial charge is 0.296 e. The summed E-state index contributed by atoms with van der Waals surface area (Å²) in [6, 6.07) is 12.8. The molecule has 1 saturated heterocycles. The van der Waals surface area contributed by atoms with E-state index < -0.39 is 11.7 Å². The number of amides is 1. The summed E-state index contributed by atoms with van der Waals surface area (Å²) in [6.45, 7) is 1.71. The maximum absolute atomic E-state index is 13.2. The SMILES string of the molecule is COc1ccc(-c2cc3ccccn3c2C(=O)C(=O)N2CCOCC2)cc1Cl. The second-order valence-corrected chi connectivity index (χ2v) is 6.89. The third-order valence-electron chi connectivity index (χ3n) is 4.85. The first kappa shape index (κ1) is 18.5. The van der Waals surface area contributed by atoms with Gasteiger partial charge in [-0.15, -0.1) is 0 Å². The lowest BCUT2D eigenvalue weighted by Crippen LogP contribution is -2.44. The number of pyridine rings is 1. The summed E-state index contributed by atoms with van der Waals surface area (Å²) in [6.07, 6.45) is 1.78. The number of Topliss-reactive ketones (excluding diaryl/α,β-unsaturated/α-hetero) is 1. The maximum Gasteiger partial charge on any atom is 0.296 e. The fourth-order valence-electron chi connectivity index (χ4n) is 3.42. The number of benzene rings is 1. The van der Waals surface area contributed by atoms with Crippen LogP contribution < -0.4 is 4.74 Å². The number of rotatable bonds is 4. The van der Waals surface area contributed by atoms with Crippen molar-refractivity contribution >= 4 is 28.8 Å². The number of aromatic nitrogens is 1. The van der Waals surface area contributed by atoms with Crippen LogP contribution in [0.5, 0.6) is 5.75 Å². The lowest BCUT2D eigenvalue weighted by molar-refractivity contribution is -0.130. The highest BCUT2D eigenvalue weighted by molar-refractivity contribution is 6.43. The number of fused-ring (bicyclic) bond motifs is 1. The fourth-order valence-corrected chi connectivity index (χ4v) is 3.68. The maximum atomic E-state index is 13.2. The van der Waals surface area contributed by atoms with E-state index in [2.05, 4.69) is 0 Å². The quantitative estimate of drug-likeness (QED) is 0.499. The normalized spacial score (nSPS) is 14.3. The molecule has 1 amide bonds. The number of halogens is 1. The predicted octanol–water partition coefficient (Wildman–Crippen LogP) is 3.31. The molecule has 3 aromatic rings. The highest BCUT2D eigenvalue weighted by Crippen LogP contribution is 2.34. The Morgan fingerprint density at radius 1 is 1.11 bits per heavy atom. The van der Waals surface area contributed by atoms with E-state index in [4.69, 9.17) is 21.1 Å². The molecule has 1 fully saturated rings. The molecular formula is C21H19ClN2O4. The highest BCUT2D eigenvalue weighted by atomic mass is 35.5. The summed E-state index contributed by atoms with van der Waals surface area (Å²) in [5, 5.41) is 0.438. The van der Waals surface area contributed by atoms with Gasteiger partial charge in [-0.1, -0.05) is 23.7 Å². The zero-order valence-electron chi connectivity index (χ0n) is 15.4. The summed E-state index contributed by atoms with van der Waals surface area (Å²) in [5.74, 6) is -0.519. The van der Waals surface area contributed by atoms with Gasteiger partial charge in [0.25, 0.3) is 11.7 Å². The number of carbonyl (C=O) groups is 2. The van der Waals surface area contributed by atoms with Crippen LogP contribution >= 0.6 is 11.6 Å². The molecule has 0 atom stereocenters. The van der Waals surface area contributed by atoms with E-state index in [-0.39, 0.29) is 0 Å². The predicted molar refractivity (Wildman–Crippen MR) is 106 cm³/mol. The van der Waals surface area contributed by atoms with Crippen LogP contribution in [0.2, 0.25) is 5.02 Å². The van der Waals surface area contributed by atoms with Crippen molar-refractivity contribution in [2.75, 3.05) is 33.4 Å². The summed E-state index contributed by atoms with van der Waals surface area (Å²) >= 11 is 6.29. The van der Waals surface area contributed by atoms with Gasteiger partial charge in [0.2, 0.25) is 0 Å². The first-order valence-corrected chi connectivity index (χ1v) is 9.33. The summed E-state index contributed by atoms with van der Waals surface area (Å²) in [7, 11) is 1.55. The third kappa shape index (κ3) is 3.25. The average Bonchev–Trinajstić information content (AvgIpc) is 3.12. The van der Waals surface area contributed by atoms with Crippen molar-refractivity contribution < 1.29 is 19.1 Å². The molecule has 0 saturated carbocycles. The second-order valence-electron chi connectivity index (χ2n) is 6.49. The molecule has 1 aliphatic heterocycles. The van der Waals surface area contributed by atoms with Crippen molar-refractivity contribution in [3.05, 3.63) is 59.4 Å². The molecule has 144 valence electrons. The van der Waals surface area contributed by atoms with Gasteiger partial charge in [0.15, 0.2) is 0 Å². The molecule has 2 aromatic heterocycles. The van der Waals surface area contributed by atoms with Gasteiger partial charge < -0.3 is 18.8 Å². The van der Waals surface area contributed by atoms with Crippen LogP contribution in [-0.4, -0.2) is 54.4 Å². The summed E-state index contributed by atoms with van der Waals surface area (Å²) in [5.41, 5.74) is 2.55. The standard InChI is InChI=1S/C21H19ClN2O4/c1-27-18-6-5-14(12-17(18)22)16-13-15-4-2-3-7-24(15)19(16)20(25)21(26)23-8-10-28-11-9-23/h2-7,12-13H,8-11H2,1H3. The van der Waals surface area contributed by atoms with Crippen LogP contribution in [0, 0.1) is 0 Å². The minimum absolute atomic E-state index is 0.327. The number of morpholine rings is 1. The summed E-state index contributed by atoms with van der Waals surface area (Å²) in [4.78, 5) is 27.6. The zero-order valence-corrected chi connectivity index (χ0v) is 16.1. The number of ether oxygens (including phenoxy) is 2. The lowest BCUT2D eigenvalue weighted by atomic mass is 10.0. The number of ketones is 1. The zero-order chi connectivity index (χ0) is 19.7. The Balaban J connectivity index is 1.82. The minimum Gasteiger partial charge on any atom is -0.495 e. The molecule has 28 heavy (non-hydrogen) atoms. The van der Waals surface area contributed by atoms with E-state index in [1.165, 1.54) is 0 Å². The molecule has 0 radical (unpaired) electrons. The van der Waals surface area contributed by atoms with Gasteiger partial charge in [-0.2, -0.15) is 0 Å². The van der Waals surface area contributed by atoms with Gasteiger partial charge in [0, 0.05) is 30.4 Å². The van der Waals surface area contributed by atoms with Crippen LogP contribution in [0.4, 0.5) is 0 Å². The highest BCUT2D eigenvalue weighted by Gasteiger charge is 2.29. The van der Waals surface area contributed by atoms with Gasteiger partial charge in [0.05, 0.1) is 25.3 Å². The monoisotopic (exact) mass is 398 g/mol. The molecule has 0 bridgehead atoms. The Hall–Kier alpha value is -2.83. The average molecular weight is 399 g/mol. The third-order valence-corrected chi connectivity index (χ3v) is 5.15. The Labute approximate surface area is 167 Å². The minimum atomic E-state index is -0.546. The second kappa shape index (κ2) is 7.66. The van der Waals surface area contributed by atoms with E-state index in [0.29, 0.717) is 48.3 Å². The molecule has 0 N–H and O–H groups in total. The molecule has 1 aromatic carbocycles. The van der Waals surface area contributed by atoms with Crippen molar-refractivity contribution in [1.29, 1.82) is 0 Å². The molecule has 0 unspecified atom stereocenters. The lowest BCUT2D eigenvalue weighted by Gasteiger charge is -2.26. The topological polar surface area (TPSA) is 60.2 Å². The molecule has 0 aliphatic carbocycles. The Bertz CT molecular complexity index is 1050. The largest absolute Gasteiger partial charge is 0.495 e. The molecule has 0 spiro atoms. The van der Waals surface area contributed by atoms with Crippen molar-refractivity contribution in [2.45, 2.75) is 0 Å². The van der Waals surface area contributed by atoms with Crippen LogP contribution in [0.1, 0.15) is 10.5 Å². The van der Waals surface area contributed by atoms with Gasteiger partial charge >= 0.3 is 0 Å². The van der Waals surface area contributed by atoms with Gasteiger partial charge in [-0.3, -0.25) is 9.59 Å². The number of hydrogen-bond donors (Lipinski definition) is 0. The van der Waals surface area contributed by atoms with E-state index in [1.807, 2.05) is 30.3 Å². The Kier molecular flexibility index (Phi) is 5.07. The fraction of sp³-hybridized carbons (Fsp3) is 0.238. The van der Waals surface area contributed by atoms with Crippen LogP contribution in [0.15, 0.2) is 48.7 Å². The van der Waals surface area contributed by atoms with Crippen molar-refractivity contribution in [3.8, 4) is 16.9 Å². The van der Waals surface area contributed by atoms with Gasteiger partial charge in [0.1, 0.15) is 11.4 Å². The van der Waals surface area contributed by atoms with E-state index >= 15 is 0 Å². The van der Waals surface area contributed by atoms with Gasteiger partial charge in [-0.05, 0) is 35.9 Å². The van der Waals surface area contributed by atoms with Crippen molar-refractivity contribution in [3.63, 3.8) is 0 Å². The van der Waals surface area contributed by atoms with Crippen LogP contribution in [-0.2, 0) is 9.53 Å². The first-order chi connectivity index (χ1) is 13.6. The van der Waals surface area contributed by atoms with Crippen molar-refractivity contribution in [2.24, 2.45) is 0 Å². The van der Waals surface area contributed by atoms with E-state index in [0.717, 1.165) is 11.1 Å². The van der Waals surface area contributed by atoms with Crippen LogP contribution in [0.25, 0.3) is 16.6 Å². The molecule has 6 nitrogen and oxygen atoms in total. The number of carbonyl (C=O) groups excluding carboxylic acids is 2. The number of nitrogens with zero attached hydrogens (tertiary/aromatic N) is 2. The Morgan fingerprint density at radius 2 is 1.89 bits per heavy atom. The number of hydrogen-bond acceptors (Lipinski definition) is 4. The first-order valence-electron chi connectivity index (χ1n) is 8.95. The summed E-state index contributed by atoms with van der Waals surface area (Å²) < 4.78 is 12.2. The van der Waals surface area contributed by atoms with Crippen molar-refractivity contribution in [1.82, 2.24) is 9.30 Å². The molecular weight excluding hydrogens is 380 g/mol. The van der Waals surface area contributed by atoms with Crippen LogP contribution in [0.3, 0.4) is 0 Å². The molecule has 7 heteroatoms. The Morgan fingerprint density at radius 3 is 2.61 bits per heavy atom. The molecule has 4 rings (SSSR count).